The third kappa shape index (κ3) is 11.5. The number of hydrogen-bond donors (Lipinski definition) is 4. The van der Waals surface area contributed by atoms with E-state index in [9.17, 15) is 28.2 Å². The number of amides is 1. The van der Waals surface area contributed by atoms with Crippen LogP contribution in [0.5, 0.6) is 28.9 Å². The van der Waals surface area contributed by atoms with Gasteiger partial charge < -0.3 is 44.9 Å². The molecule has 57 heavy (non-hydrogen) atoms. The number of hydrogen-bond acceptors (Lipinski definition) is 12. The quantitative estimate of drug-likeness (QED) is 0.0713. The Labute approximate surface area is 339 Å². The van der Waals surface area contributed by atoms with Crippen LogP contribution in [0.1, 0.15) is 28.2 Å². The summed E-state index contributed by atoms with van der Waals surface area (Å²) in [5, 5.41) is 32.2. The molecule has 5 N–H and O–H groups in total. The van der Waals surface area contributed by atoms with Gasteiger partial charge in [0.05, 0.1) is 22.5 Å². The number of benzene rings is 3. The lowest BCUT2D eigenvalue weighted by molar-refractivity contribution is -0.187. The fourth-order valence-electron chi connectivity index (χ4n) is 5.64. The molecule has 1 aliphatic rings. The zero-order valence-electron chi connectivity index (χ0n) is 30.3. The molecule has 0 bridgehead atoms. The van der Waals surface area contributed by atoms with Gasteiger partial charge in [-0.2, -0.15) is 13.2 Å². The van der Waals surface area contributed by atoms with Gasteiger partial charge in [0.1, 0.15) is 53.6 Å². The number of carbonyl (C=O) groups excluding carboxylic acids is 1. The maximum absolute atomic E-state index is 13.0. The highest BCUT2D eigenvalue weighted by molar-refractivity contribution is 14.1. The number of pyridine rings is 1. The lowest BCUT2D eigenvalue weighted by Crippen LogP contribution is -2.56. The SMILES string of the molecule is NCCc1ccc(Oc2ccc(OCCCNC(=O)c3ccc(-c4ccc(OC[C@H]5OC[C@H](Oc6cccc(C(F)(F)F)n6)[C@@H](O)[C@H]5O)cc4)nn3)cc2)c(I)c1. The maximum atomic E-state index is 13.0. The summed E-state index contributed by atoms with van der Waals surface area (Å²) in [6.45, 7) is 1.01. The summed E-state index contributed by atoms with van der Waals surface area (Å²) < 4.78 is 68.5. The van der Waals surface area contributed by atoms with Gasteiger partial charge in [0.15, 0.2) is 11.8 Å². The summed E-state index contributed by atoms with van der Waals surface area (Å²) in [5.74, 6) is 1.84. The topological polar surface area (TPSA) is 180 Å². The van der Waals surface area contributed by atoms with Crippen molar-refractivity contribution in [2.75, 3.05) is 32.9 Å². The van der Waals surface area contributed by atoms with E-state index in [0.29, 0.717) is 54.6 Å². The summed E-state index contributed by atoms with van der Waals surface area (Å²) in [6, 6.07) is 26.5. The number of nitrogens with zero attached hydrogens (tertiary/aromatic N) is 3. The van der Waals surface area contributed by atoms with E-state index in [2.05, 4.69) is 49.2 Å². The number of halogens is 4. The van der Waals surface area contributed by atoms with Crippen molar-refractivity contribution >= 4 is 28.5 Å². The molecule has 300 valence electrons. The molecule has 1 amide bonds. The van der Waals surface area contributed by atoms with Crippen LogP contribution in [0.15, 0.2) is 97.1 Å². The largest absolute Gasteiger partial charge is 0.494 e. The van der Waals surface area contributed by atoms with Crippen molar-refractivity contribution in [3.05, 3.63) is 118 Å². The van der Waals surface area contributed by atoms with Crippen LogP contribution in [-0.2, 0) is 17.3 Å². The molecule has 17 heteroatoms. The van der Waals surface area contributed by atoms with Crippen molar-refractivity contribution < 1.29 is 51.9 Å². The standard InChI is InChI=1S/C40H39F3IN5O8/c41-40(42,43)35-3-1-4-36(47-35)57-34-23-55-33(37(50)38(34)51)22-54-27-8-6-25(7-9-27)30-14-15-31(49-48-30)39(52)46-19-2-20-53-26-10-12-28(13-11-26)56-32-16-5-24(17-18-45)21-29(32)44/h1,3-16,21,33-34,37-38,50-51H,2,17-20,22-23,45H2,(H,46,52)/t33-,34+,37+,38-/m1/s1. The third-order valence-corrected chi connectivity index (χ3v) is 9.53. The lowest BCUT2D eigenvalue weighted by Gasteiger charge is -2.37. The van der Waals surface area contributed by atoms with Crippen LogP contribution < -0.4 is 30.0 Å². The average Bonchev–Trinajstić information content (AvgIpc) is 3.21. The van der Waals surface area contributed by atoms with Crippen molar-refractivity contribution in [2.24, 2.45) is 5.73 Å². The summed E-state index contributed by atoms with van der Waals surface area (Å²) in [4.78, 5) is 16.1. The van der Waals surface area contributed by atoms with Gasteiger partial charge in [0, 0.05) is 18.2 Å². The summed E-state index contributed by atoms with van der Waals surface area (Å²) in [6.07, 6.45) is -8.29. The Hall–Kier alpha value is -5.08. The van der Waals surface area contributed by atoms with Crippen molar-refractivity contribution in [1.29, 1.82) is 0 Å². The van der Waals surface area contributed by atoms with Crippen LogP contribution in [0.3, 0.4) is 0 Å². The van der Waals surface area contributed by atoms with E-state index in [1.54, 1.807) is 36.4 Å². The second-order valence-electron chi connectivity index (χ2n) is 12.8. The average molecular weight is 902 g/mol. The van der Waals surface area contributed by atoms with Gasteiger partial charge in [-0.05, 0) is 126 Å². The number of carbonyl (C=O) groups is 1. The van der Waals surface area contributed by atoms with E-state index in [-0.39, 0.29) is 30.7 Å². The Balaban J connectivity index is 0.890. The van der Waals surface area contributed by atoms with Gasteiger partial charge in [-0.1, -0.05) is 12.1 Å². The molecule has 0 radical (unpaired) electrons. The van der Waals surface area contributed by atoms with Gasteiger partial charge in [0.2, 0.25) is 5.88 Å². The number of alkyl halides is 3. The van der Waals surface area contributed by atoms with E-state index in [0.717, 1.165) is 33.4 Å². The highest BCUT2D eigenvalue weighted by Gasteiger charge is 2.41. The van der Waals surface area contributed by atoms with Gasteiger partial charge in [-0.3, -0.25) is 4.79 Å². The Morgan fingerprint density at radius 3 is 2.35 bits per heavy atom. The molecule has 0 spiro atoms. The highest BCUT2D eigenvalue weighted by atomic mass is 127. The highest BCUT2D eigenvalue weighted by Crippen LogP contribution is 2.31. The zero-order chi connectivity index (χ0) is 40.4. The van der Waals surface area contributed by atoms with E-state index < -0.39 is 36.3 Å². The molecule has 1 aliphatic heterocycles. The van der Waals surface area contributed by atoms with Crippen LogP contribution in [0.25, 0.3) is 11.3 Å². The smallest absolute Gasteiger partial charge is 0.433 e. The third-order valence-electron chi connectivity index (χ3n) is 8.69. The Bertz CT molecular complexity index is 2080. The molecule has 0 saturated carbocycles. The van der Waals surface area contributed by atoms with Gasteiger partial charge in [0.25, 0.3) is 5.91 Å². The molecule has 13 nitrogen and oxygen atoms in total. The molecule has 3 heterocycles. The first-order chi connectivity index (χ1) is 27.5. The monoisotopic (exact) mass is 901 g/mol. The molecular weight excluding hydrogens is 862 g/mol. The lowest BCUT2D eigenvalue weighted by atomic mass is 10.0. The number of nitrogens with two attached hydrogens (primary N) is 1. The van der Waals surface area contributed by atoms with Crippen molar-refractivity contribution in [3.63, 3.8) is 0 Å². The summed E-state index contributed by atoms with van der Waals surface area (Å²) in [5.41, 5.74) is 7.05. The fourth-order valence-corrected chi connectivity index (χ4v) is 6.33. The maximum Gasteiger partial charge on any atom is 0.433 e. The van der Waals surface area contributed by atoms with Crippen LogP contribution >= 0.6 is 22.6 Å². The number of ether oxygens (including phenoxy) is 5. The normalized spacial score (nSPS) is 18.1. The summed E-state index contributed by atoms with van der Waals surface area (Å²) >= 11 is 2.25. The van der Waals surface area contributed by atoms with Crippen LogP contribution in [0, 0.1) is 3.57 Å². The molecule has 3 aromatic carbocycles. The Morgan fingerprint density at radius 1 is 0.912 bits per heavy atom. The van der Waals surface area contributed by atoms with Gasteiger partial charge in [-0.25, -0.2) is 4.98 Å². The second-order valence-corrected chi connectivity index (χ2v) is 14.0. The van der Waals surface area contributed by atoms with E-state index in [1.165, 1.54) is 6.07 Å². The first-order valence-electron chi connectivity index (χ1n) is 17.9. The number of rotatable bonds is 16. The molecule has 6 rings (SSSR count). The zero-order valence-corrected chi connectivity index (χ0v) is 32.4. The van der Waals surface area contributed by atoms with Crippen molar-refractivity contribution in [3.8, 4) is 40.1 Å². The Morgan fingerprint density at radius 2 is 1.65 bits per heavy atom. The van der Waals surface area contributed by atoms with Gasteiger partial charge in [-0.15, -0.1) is 10.2 Å². The van der Waals surface area contributed by atoms with Crippen LogP contribution in [0.4, 0.5) is 13.2 Å². The van der Waals surface area contributed by atoms with E-state index in [1.807, 2.05) is 36.4 Å². The fraction of sp³-hybridized carbons (Fsp3) is 0.300. The Kier molecular flexibility index (Phi) is 14.1. The minimum absolute atomic E-state index is 0.129. The van der Waals surface area contributed by atoms with Crippen LogP contribution in [0.2, 0.25) is 0 Å². The molecule has 5 aromatic rings. The molecule has 2 aromatic heterocycles. The minimum Gasteiger partial charge on any atom is -0.494 e. The first kappa shape index (κ1) is 41.6. The van der Waals surface area contributed by atoms with E-state index >= 15 is 0 Å². The van der Waals surface area contributed by atoms with Gasteiger partial charge >= 0.3 is 6.18 Å². The predicted molar refractivity (Wildman–Crippen MR) is 209 cm³/mol. The number of aliphatic hydroxyl groups excluding tert-OH is 2. The molecule has 4 atom stereocenters. The van der Waals surface area contributed by atoms with Crippen molar-refractivity contribution in [2.45, 2.75) is 43.4 Å². The molecule has 1 saturated heterocycles. The molecular formula is C40H39F3IN5O8. The number of nitrogens with one attached hydrogen (secondary N) is 1. The van der Waals surface area contributed by atoms with E-state index in [4.69, 9.17) is 29.4 Å². The summed E-state index contributed by atoms with van der Waals surface area (Å²) in [7, 11) is 0. The molecule has 0 unspecified atom stereocenters. The van der Waals surface area contributed by atoms with Crippen molar-refractivity contribution in [1.82, 2.24) is 20.5 Å². The molecule has 0 aliphatic carbocycles. The first-order valence-corrected chi connectivity index (χ1v) is 19.0. The predicted octanol–water partition coefficient (Wildman–Crippen LogP) is 5.60. The van der Waals surface area contributed by atoms with Crippen LogP contribution in [-0.4, -0.2) is 88.6 Å². The molecule has 1 fully saturated rings. The number of aliphatic hydroxyl groups is 2. The second kappa shape index (κ2) is 19.4. The number of aromatic nitrogens is 3. The minimum atomic E-state index is -4.66.